The Morgan fingerprint density at radius 2 is 1.92 bits per heavy atom. The first-order valence-electron chi connectivity index (χ1n) is 8.24. The van der Waals surface area contributed by atoms with Gasteiger partial charge < -0.3 is 28.8 Å². The summed E-state index contributed by atoms with van der Waals surface area (Å²) in [5.74, 6) is 0.456. The lowest BCUT2D eigenvalue weighted by Gasteiger charge is -2.19. The molecule has 0 saturated carbocycles. The molecule has 0 aliphatic heterocycles. The number of methoxy groups -OCH3 is 3. The Kier molecular flexibility index (Phi) is 9.72. The monoisotopic (exact) mass is 368 g/mol. The average Bonchev–Trinajstić information content (AvgIpc) is 2.65. The Labute approximate surface area is 154 Å². The van der Waals surface area contributed by atoms with E-state index in [2.05, 4.69) is 0 Å². The molecule has 0 radical (unpaired) electrons. The van der Waals surface area contributed by atoms with Crippen LogP contribution in [0.4, 0.5) is 0 Å². The van der Waals surface area contributed by atoms with Gasteiger partial charge in [0.25, 0.3) is 0 Å². The molecule has 0 aromatic heterocycles. The fourth-order valence-corrected chi connectivity index (χ4v) is 2.39. The first-order chi connectivity index (χ1) is 12.5. The lowest BCUT2D eigenvalue weighted by molar-refractivity contribution is -0.00952. The van der Waals surface area contributed by atoms with E-state index in [1.165, 1.54) is 7.11 Å². The van der Waals surface area contributed by atoms with Gasteiger partial charge in [0.15, 0.2) is 6.79 Å². The highest BCUT2D eigenvalue weighted by Gasteiger charge is 2.23. The summed E-state index contributed by atoms with van der Waals surface area (Å²) in [5, 5.41) is 9.23. The number of allylic oxidation sites excluding steroid dienone is 1. The van der Waals surface area contributed by atoms with E-state index in [1.54, 1.807) is 20.3 Å². The molecule has 0 saturated heterocycles. The zero-order valence-corrected chi connectivity index (χ0v) is 16.1. The molecule has 0 aliphatic rings. The van der Waals surface area contributed by atoms with Gasteiger partial charge in [0.2, 0.25) is 0 Å². The number of hydrogen-bond donors (Lipinski definition) is 1. The topological polar surface area (TPSA) is 83.5 Å². The quantitative estimate of drug-likeness (QED) is 0.278. The molecular weight excluding hydrogens is 340 g/mol. The lowest BCUT2D eigenvalue weighted by Crippen LogP contribution is -2.14. The van der Waals surface area contributed by atoms with Gasteiger partial charge in [0, 0.05) is 12.7 Å². The van der Waals surface area contributed by atoms with Gasteiger partial charge in [0.1, 0.15) is 17.1 Å². The van der Waals surface area contributed by atoms with Crippen molar-refractivity contribution in [1.29, 1.82) is 0 Å². The number of carbonyl (C=O) groups excluding carboxylic acids is 1. The summed E-state index contributed by atoms with van der Waals surface area (Å²) < 4.78 is 26.4. The Morgan fingerprint density at radius 1 is 1.19 bits per heavy atom. The summed E-state index contributed by atoms with van der Waals surface area (Å²) in [6.45, 7) is 4.37. The minimum absolute atomic E-state index is 0.0464. The molecule has 1 aromatic rings. The maximum Gasteiger partial charge on any atom is 0.341 e. The van der Waals surface area contributed by atoms with Crippen molar-refractivity contribution >= 4 is 5.97 Å². The summed E-state index contributed by atoms with van der Waals surface area (Å²) in [4.78, 5) is 12.2. The highest BCUT2D eigenvalue weighted by atomic mass is 16.7. The van der Waals surface area contributed by atoms with E-state index < -0.39 is 5.97 Å². The van der Waals surface area contributed by atoms with Crippen LogP contribution < -0.4 is 9.47 Å². The number of aliphatic hydroxyl groups excluding tert-OH is 1. The number of esters is 1. The smallest absolute Gasteiger partial charge is 0.341 e. The second-order valence-electron chi connectivity index (χ2n) is 5.65. The molecule has 0 heterocycles. The van der Waals surface area contributed by atoms with E-state index in [-0.39, 0.29) is 13.4 Å². The third kappa shape index (κ3) is 6.01. The molecule has 0 spiro atoms. The summed E-state index contributed by atoms with van der Waals surface area (Å²) >= 11 is 0. The fourth-order valence-electron chi connectivity index (χ4n) is 2.39. The zero-order valence-electron chi connectivity index (χ0n) is 16.1. The number of rotatable bonds is 11. The molecule has 0 aliphatic carbocycles. The number of aryl methyl sites for hydroxylation is 1. The van der Waals surface area contributed by atoms with Crippen LogP contribution in [0.2, 0.25) is 0 Å². The second-order valence-corrected chi connectivity index (χ2v) is 5.65. The highest BCUT2D eigenvalue weighted by Crippen LogP contribution is 2.37. The van der Waals surface area contributed by atoms with Gasteiger partial charge in [-0.15, -0.1) is 0 Å². The Hall–Kier alpha value is -2.09. The van der Waals surface area contributed by atoms with E-state index >= 15 is 0 Å². The molecule has 0 fully saturated rings. The van der Waals surface area contributed by atoms with Crippen molar-refractivity contribution in [2.45, 2.75) is 20.3 Å². The van der Waals surface area contributed by atoms with Crippen molar-refractivity contribution in [1.82, 2.24) is 0 Å². The third-order valence-corrected chi connectivity index (χ3v) is 3.74. The van der Waals surface area contributed by atoms with Crippen LogP contribution in [0, 0.1) is 6.92 Å². The Bertz CT molecular complexity index is 623. The second kappa shape index (κ2) is 11.5. The van der Waals surface area contributed by atoms with Crippen LogP contribution in [0.5, 0.6) is 11.5 Å². The molecule has 7 heteroatoms. The molecule has 1 aromatic carbocycles. The highest BCUT2D eigenvalue weighted by molar-refractivity contribution is 5.94. The van der Waals surface area contributed by atoms with Gasteiger partial charge in [-0.25, -0.2) is 4.79 Å². The first-order valence-corrected chi connectivity index (χ1v) is 8.24. The number of carbonyl (C=O) groups is 1. The first kappa shape index (κ1) is 22.0. The van der Waals surface area contributed by atoms with Crippen LogP contribution in [0.15, 0.2) is 17.7 Å². The average molecular weight is 368 g/mol. The maximum absolute atomic E-state index is 12.2. The van der Waals surface area contributed by atoms with Crippen LogP contribution in [-0.2, 0) is 20.6 Å². The minimum Gasteiger partial charge on any atom is -0.496 e. The fraction of sp³-hybridized carbons (Fsp3) is 0.526. The van der Waals surface area contributed by atoms with Crippen LogP contribution >= 0.6 is 0 Å². The SMILES string of the molecule is COCCOCOc1c(C(=O)OC)cc(C)c(OC)c1C/C=C(\C)CO. The molecule has 1 N–H and O–H groups in total. The number of benzene rings is 1. The van der Waals surface area contributed by atoms with Gasteiger partial charge in [-0.05, 0) is 31.9 Å². The van der Waals surface area contributed by atoms with Crippen LogP contribution in [-0.4, -0.2) is 59.0 Å². The van der Waals surface area contributed by atoms with E-state index in [4.69, 9.17) is 23.7 Å². The molecule has 7 nitrogen and oxygen atoms in total. The minimum atomic E-state index is -0.508. The molecule has 0 amide bonds. The van der Waals surface area contributed by atoms with E-state index in [0.717, 1.165) is 11.1 Å². The summed E-state index contributed by atoms with van der Waals surface area (Å²) in [7, 11) is 4.46. The molecule has 26 heavy (non-hydrogen) atoms. The molecular formula is C19H28O7. The van der Waals surface area contributed by atoms with E-state index in [9.17, 15) is 9.90 Å². The van der Waals surface area contributed by atoms with Crippen molar-refractivity contribution in [3.05, 3.63) is 34.4 Å². The van der Waals surface area contributed by atoms with Gasteiger partial charge in [-0.2, -0.15) is 0 Å². The van der Waals surface area contributed by atoms with E-state index in [1.807, 2.05) is 19.9 Å². The molecule has 0 atom stereocenters. The van der Waals surface area contributed by atoms with Gasteiger partial charge >= 0.3 is 5.97 Å². The standard InChI is InChI=1S/C19H28O7/c1-13(11-20)6-7-15-17(23-4)14(2)10-16(19(21)24-5)18(15)26-12-25-9-8-22-3/h6,10,20H,7-9,11-12H2,1-5H3/b13-6+. The normalized spacial score (nSPS) is 11.4. The number of aliphatic hydroxyl groups is 1. The predicted octanol–water partition coefficient (Wildman–Crippen LogP) is 2.27. The van der Waals surface area contributed by atoms with Crippen molar-refractivity contribution in [3.8, 4) is 11.5 Å². The molecule has 0 bridgehead atoms. The maximum atomic E-state index is 12.2. The largest absolute Gasteiger partial charge is 0.496 e. The van der Waals surface area contributed by atoms with Crippen LogP contribution in [0.1, 0.15) is 28.4 Å². The number of ether oxygens (including phenoxy) is 5. The van der Waals surface area contributed by atoms with Gasteiger partial charge in [0.05, 0.1) is 34.0 Å². The van der Waals surface area contributed by atoms with E-state index in [0.29, 0.717) is 42.3 Å². The zero-order chi connectivity index (χ0) is 19.5. The predicted molar refractivity (Wildman–Crippen MR) is 96.9 cm³/mol. The lowest BCUT2D eigenvalue weighted by atomic mass is 9.99. The summed E-state index contributed by atoms with van der Waals surface area (Å²) in [6, 6.07) is 1.67. The Morgan fingerprint density at radius 3 is 2.50 bits per heavy atom. The van der Waals surface area contributed by atoms with Crippen LogP contribution in [0.25, 0.3) is 0 Å². The molecule has 146 valence electrons. The Balaban J connectivity index is 3.29. The van der Waals surface area contributed by atoms with Crippen LogP contribution in [0.3, 0.4) is 0 Å². The number of hydrogen-bond acceptors (Lipinski definition) is 7. The molecule has 1 rings (SSSR count). The third-order valence-electron chi connectivity index (χ3n) is 3.74. The van der Waals surface area contributed by atoms with Crippen molar-refractivity contribution in [2.75, 3.05) is 47.9 Å². The summed E-state index contributed by atoms with van der Waals surface area (Å²) in [5.41, 5.74) is 2.57. The van der Waals surface area contributed by atoms with Crippen molar-refractivity contribution in [3.63, 3.8) is 0 Å². The summed E-state index contributed by atoms with van der Waals surface area (Å²) in [6.07, 6.45) is 2.28. The van der Waals surface area contributed by atoms with Gasteiger partial charge in [-0.3, -0.25) is 0 Å². The van der Waals surface area contributed by atoms with Crippen molar-refractivity contribution in [2.24, 2.45) is 0 Å². The van der Waals surface area contributed by atoms with Gasteiger partial charge in [-0.1, -0.05) is 11.6 Å². The molecule has 0 unspecified atom stereocenters. The van der Waals surface area contributed by atoms with Crippen molar-refractivity contribution < 1.29 is 33.6 Å².